The van der Waals surface area contributed by atoms with E-state index in [0.717, 1.165) is 71.6 Å². The van der Waals surface area contributed by atoms with Crippen LogP contribution < -0.4 is 4.90 Å². The Bertz CT molecular complexity index is 1510. The summed E-state index contributed by atoms with van der Waals surface area (Å²) in [5.74, 6) is 0.0887. The topological polar surface area (TPSA) is 24.3 Å². The van der Waals surface area contributed by atoms with E-state index in [0.29, 0.717) is 18.9 Å². The smallest absolute Gasteiger partial charge is 0.123 e. The van der Waals surface area contributed by atoms with E-state index in [-0.39, 0.29) is 5.82 Å². The maximum Gasteiger partial charge on any atom is 0.123 e. The first-order valence-electron chi connectivity index (χ1n) is 14.0. The summed E-state index contributed by atoms with van der Waals surface area (Å²) >= 11 is 0. The molecule has 1 aliphatic rings. The van der Waals surface area contributed by atoms with Crippen molar-refractivity contribution >= 4 is 16.6 Å². The van der Waals surface area contributed by atoms with Crippen LogP contribution in [0, 0.1) is 18.7 Å². The Morgan fingerprint density at radius 3 is 2.50 bits per heavy atom. The first-order chi connectivity index (χ1) is 19.4. The lowest BCUT2D eigenvalue weighted by molar-refractivity contribution is 0.191. The minimum atomic E-state index is -0.390. The Morgan fingerprint density at radius 1 is 1.02 bits per heavy atom. The second kappa shape index (κ2) is 12.2. The molecule has 0 saturated carbocycles. The fourth-order valence-electron chi connectivity index (χ4n) is 5.92. The highest BCUT2D eigenvalue weighted by Gasteiger charge is 2.27. The Balaban J connectivity index is 1.30. The standard InChI is InChI=1S/C34H38F2N4/c1-24(15-18-35)22-40(32-14-6-5-9-25(32)2)26(3)27-16-19-39(20-17-27)23-29-11-8-13-31-33(37-38(4)34(29)31)28-10-7-12-30(36)21-28/h5-14,21,27H,1,3,15-20,22-23H2,2,4H3. The molecular weight excluding hydrogens is 502 g/mol. The van der Waals surface area contributed by atoms with Gasteiger partial charge in [0.2, 0.25) is 0 Å². The van der Waals surface area contributed by atoms with E-state index < -0.39 is 6.67 Å². The predicted octanol–water partition coefficient (Wildman–Crippen LogP) is 7.84. The van der Waals surface area contributed by atoms with Crippen molar-refractivity contribution in [3.8, 4) is 11.3 Å². The molecule has 0 unspecified atom stereocenters. The maximum absolute atomic E-state index is 13.9. The molecule has 0 N–H and O–H groups in total. The summed E-state index contributed by atoms with van der Waals surface area (Å²) in [5, 5.41) is 5.80. The molecule has 1 saturated heterocycles. The van der Waals surface area contributed by atoms with Crippen molar-refractivity contribution in [1.82, 2.24) is 14.7 Å². The second-order valence-electron chi connectivity index (χ2n) is 10.9. The number of rotatable bonds is 10. The number of aromatic nitrogens is 2. The number of allylic oxidation sites excluding steroid dienone is 1. The van der Waals surface area contributed by atoms with Crippen LogP contribution in [-0.4, -0.2) is 41.0 Å². The van der Waals surface area contributed by atoms with Crippen molar-refractivity contribution in [3.63, 3.8) is 0 Å². The van der Waals surface area contributed by atoms with Crippen molar-refractivity contribution < 1.29 is 8.78 Å². The molecule has 0 spiro atoms. The Hall–Kier alpha value is -3.77. The van der Waals surface area contributed by atoms with Gasteiger partial charge in [0.1, 0.15) is 11.5 Å². The van der Waals surface area contributed by atoms with Crippen molar-refractivity contribution in [1.29, 1.82) is 0 Å². The normalized spacial score (nSPS) is 14.5. The third-order valence-corrected chi connectivity index (χ3v) is 8.08. The Labute approximate surface area is 236 Å². The molecular formula is C34H38F2N4. The van der Waals surface area contributed by atoms with Gasteiger partial charge in [0.05, 0.1) is 12.2 Å². The van der Waals surface area contributed by atoms with Gasteiger partial charge in [0.25, 0.3) is 0 Å². The zero-order valence-electron chi connectivity index (χ0n) is 23.5. The molecule has 40 heavy (non-hydrogen) atoms. The average molecular weight is 541 g/mol. The van der Waals surface area contributed by atoms with E-state index >= 15 is 0 Å². The minimum Gasteiger partial charge on any atom is -0.341 e. The number of hydrogen-bond donors (Lipinski definition) is 0. The Morgan fingerprint density at radius 2 is 1.77 bits per heavy atom. The fourth-order valence-corrected chi connectivity index (χ4v) is 5.92. The van der Waals surface area contributed by atoms with Gasteiger partial charge >= 0.3 is 0 Å². The number of hydrogen-bond acceptors (Lipinski definition) is 3. The number of benzene rings is 3. The van der Waals surface area contributed by atoms with Gasteiger partial charge in [0, 0.05) is 48.4 Å². The van der Waals surface area contributed by atoms with E-state index in [9.17, 15) is 8.78 Å². The Kier molecular flexibility index (Phi) is 8.46. The quantitative estimate of drug-likeness (QED) is 0.192. The molecule has 2 heterocycles. The first kappa shape index (κ1) is 27.8. The van der Waals surface area contributed by atoms with Crippen LogP contribution in [0.3, 0.4) is 0 Å². The largest absolute Gasteiger partial charge is 0.341 e. The van der Waals surface area contributed by atoms with E-state index in [4.69, 9.17) is 5.10 Å². The third kappa shape index (κ3) is 5.87. The highest BCUT2D eigenvalue weighted by molar-refractivity contribution is 5.95. The molecule has 1 fully saturated rings. The van der Waals surface area contributed by atoms with Gasteiger partial charge in [-0.25, -0.2) is 4.39 Å². The molecule has 4 aromatic rings. The maximum atomic E-state index is 13.9. The summed E-state index contributed by atoms with van der Waals surface area (Å²) in [4.78, 5) is 4.74. The lowest BCUT2D eigenvalue weighted by Crippen LogP contribution is -2.37. The molecule has 4 nitrogen and oxygen atoms in total. The van der Waals surface area contributed by atoms with Gasteiger partial charge in [-0.3, -0.25) is 14.0 Å². The van der Waals surface area contributed by atoms with Crippen LogP contribution in [-0.2, 0) is 13.6 Å². The van der Waals surface area contributed by atoms with E-state index in [1.54, 1.807) is 12.1 Å². The summed E-state index contributed by atoms with van der Waals surface area (Å²) in [5.41, 5.74) is 8.16. The number of likely N-dealkylation sites (tertiary alicyclic amines) is 1. The third-order valence-electron chi connectivity index (χ3n) is 8.08. The van der Waals surface area contributed by atoms with E-state index in [1.165, 1.54) is 17.2 Å². The SMILES string of the molecule is C=C(CCF)CN(C(=C)C1CCN(Cc2cccc3c(-c4cccc(F)c4)nn(C)c23)CC1)c1ccccc1C. The molecule has 3 aromatic carbocycles. The highest BCUT2D eigenvalue weighted by Crippen LogP contribution is 2.34. The van der Waals surface area contributed by atoms with Crippen LogP contribution in [0.25, 0.3) is 22.2 Å². The molecule has 0 radical (unpaired) electrons. The van der Waals surface area contributed by atoms with Gasteiger partial charge < -0.3 is 4.90 Å². The van der Waals surface area contributed by atoms with Gasteiger partial charge in [-0.15, -0.1) is 0 Å². The number of halogens is 2. The molecule has 208 valence electrons. The minimum absolute atomic E-state index is 0.260. The lowest BCUT2D eigenvalue weighted by atomic mass is 9.92. The van der Waals surface area contributed by atoms with Crippen molar-refractivity contribution in [2.24, 2.45) is 13.0 Å². The molecule has 5 rings (SSSR count). The average Bonchev–Trinajstić information content (AvgIpc) is 3.30. The number of piperidine rings is 1. The van der Waals surface area contributed by atoms with Crippen molar-refractivity contribution in [2.45, 2.75) is 32.7 Å². The fraction of sp³-hybridized carbons (Fsp3) is 0.324. The molecule has 6 heteroatoms. The van der Waals surface area contributed by atoms with Gasteiger partial charge in [-0.2, -0.15) is 5.10 Å². The number of fused-ring (bicyclic) bond motifs is 1. The van der Waals surface area contributed by atoms with Crippen LogP contribution in [0.4, 0.5) is 14.5 Å². The lowest BCUT2D eigenvalue weighted by Gasteiger charge is -2.38. The summed E-state index contributed by atoms with van der Waals surface area (Å²) in [6.45, 7) is 13.7. The number of anilines is 1. The van der Waals surface area contributed by atoms with E-state index in [2.05, 4.69) is 60.2 Å². The van der Waals surface area contributed by atoms with Gasteiger partial charge in [-0.05, 0) is 68.6 Å². The molecule has 0 aliphatic carbocycles. The predicted molar refractivity (Wildman–Crippen MR) is 162 cm³/mol. The molecule has 0 amide bonds. The van der Waals surface area contributed by atoms with Crippen LogP contribution >= 0.6 is 0 Å². The van der Waals surface area contributed by atoms with Crippen molar-refractivity contribution in [2.75, 3.05) is 31.2 Å². The van der Waals surface area contributed by atoms with Crippen LogP contribution in [0.5, 0.6) is 0 Å². The van der Waals surface area contributed by atoms with Crippen molar-refractivity contribution in [3.05, 3.63) is 108 Å². The molecule has 1 aliphatic heterocycles. The zero-order chi connectivity index (χ0) is 28.2. The number of aryl methyl sites for hydroxylation is 2. The second-order valence-corrected chi connectivity index (χ2v) is 10.9. The first-order valence-corrected chi connectivity index (χ1v) is 14.0. The number of alkyl halides is 1. The summed E-state index contributed by atoms with van der Waals surface area (Å²) in [6, 6.07) is 21.2. The number of nitrogens with zero attached hydrogens (tertiary/aromatic N) is 4. The van der Waals surface area contributed by atoms with Crippen LogP contribution in [0.1, 0.15) is 30.4 Å². The summed E-state index contributed by atoms with van der Waals surface area (Å²) in [6.07, 6.45) is 2.38. The molecule has 0 bridgehead atoms. The van der Waals surface area contributed by atoms with Gasteiger partial charge in [0.15, 0.2) is 0 Å². The molecule has 1 aromatic heterocycles. The highest BCUT2D eigenvalue weighted by atomic mass is 19.1. The summed E-state index contributed by atoms with van der Waals surface area (Å²) < 4.78 is 28.9. The van der Waals surface area contributed by atoms with Crippen LogP contribution in [0.2, 0.25) is 0 Å². The number of para-hydroxylation sites is 2. The monoisotopic (exact) mass is 540 g/mol. The van der Waals surface area contributed by atoms with Gasteiger partial charge in [-0.1, -0.05) is 67.3 Å². The van der Waals surface area contributed by atoms with Crippen LogP contribution in [0.15, 0.2) is 91.2 Å². The van der Waals surface area contributed by atoms with E-state index in [1.807, 2.05) is 29.9 Å². The zero-order valence-corrected chi connectivity index (χ0v) is 23.5. The summed E-state index contributed by atoms with van der Waals surface area (Å²) in [7, 11) is 1.96. The molecule has 0 atom stereocenters.